The van der Waals surface area contributed by atoms with Gasteiger partial charge in [-0.25, -0.2) is 17.9 Å². The van der Waals surface area contributed by atoms with Crippen molar-refractivity contribution in [1.82, 2.24) is 4.72 Å². The van der Waals surface area contributed by atoms with Crippen LogP contribution in [0.1, 0.15) is 27.9 Å². The SMILES string of the molecule is O=C(O)c1c(-c2ccccc2)ccc2c1CCC(NS(=O)(=O)c1ccc(Cl)cc1)C2. The molecule has 1 atom stereocenters. The topological polar surface area (TPSA) is 83.5 Å². The third kappa shape index (κ3) is 4.12. The molecular weight excluding hydrogens is 422 g/mol. The molecule has 5 nitrogen and oxygen atoms in total. The summed E-state index contributed by atoms with van der Waals surface area (Å²) in [5.74, 6) is -0.967. The molecule has 3 aromatic rings. The molecule has 0 saturated heterocycles. The molecule has 1 unspecified atom stereocenters. The minimum absolute atomic E-state index is 0.156. The van der Waals surface area contributed by atoms with Gasteiger partial charge >= 0.3 is 5.97 Å². The third-order valence-corrected chi connectivity index (χ3v) is 7.15. The Morgan fingerprint density at radius 2 is 1.70 bits per heavy atom. The van der Waals surface area contributed by atoms with Gasteiger partial charge in [0.1, 0.15) is 0 Å². The van der Waals surface area contributed by atoms with Crippen LogP contribution >= 0.6 is 11.6 Å². The van der Waals surface area contributed by atoms with Crippen LogP contribution in [0.5, 0.6) is 0 Å². The Labute approximate surface area is 180 Å². The van der Waals surface area contributed by atoms with E-state index in [0.29, 0.717) is 35.4 Å². The van der Waals surface area contributed by atoms with Crippen molar-refractivity contribution in [3.05, 3.63) is 88.4 Å². The van der Waals surface area contributed by atoms with Crippen molar-refractivity contribution in [3.63, 3.8) is 0 Å². The van der Waals surface area contributed by atoms with E-state index in [4.69, 9.17) is 11.6 Å². The number of carboxylic acids is 1. The van der Waals surface area contributed by atoms with Gasteiger partial charge in [0.2, 0.25) is 10.0 Å². The van der Waals surface area contributed by atoms with Crippen molar-refractivity contribution in [2.45, 2.75) is 30.2 Å². The van der Waals surface area contributed by atoms with E-state index in [0.717, 1.165) is 16.7 Å². The lowest BCUT2D eigenvalue weighted by molar-refractivity contribution is 0.0696. The molecule has 0 radical (unpaired) electrons. The predicted octanol–water partition coefficient (Wildman–Crippen LogP) is 4.54. The number of aromatic carboxylic acids is 1. The lowest BCUT2D eigenvalue weighted by Gasteiger charge is -2.27. The van der Waals surface area contributed by atoms with E-state index in [1.807, 2.05) is 42.5 Å². The highest BCUT2D eigenvalue weighted by Crippen LogP contribution is 2.33. The van der Waals surface area contributed by atoms with Crippen molar-refractivity contribution >= 4 is 27.6 Å². The van der Waals surface area contributed by atoms with Crippen LogP contribution in [0.25, 0.3) is 11.1 Å². The van der Waals surface area contributed by atoms with Crippen LogP contribution < -0.4 is 4.72 Å². The molecule has 0 heterocycles. The predicted molar refractivity (Wildman–Crippen MR) is 116 cm³/mol. The van der Waals surface area contributed by atoms with Crippen LogP contribution in [0.4, 0.5) is 0 Å². The lowest BCUT2D eigenvalue weighted by Crippen LogP contribution is -2.39. The number of rotatable bonds is 5. The molecule has 0 amide bonds. The molecular formula is C23H20ClNO4S. The number of benzene rings is 3. The monoisotopic (exact) mass is 441 g/mol. The number of hydrogen-bond donors (Lipinski definition) is 2. The number of sulfonamides is 1. The van der Waals surface area contributed by atoms with Gasteiger partial charge in [-0.15, -0.1) is 0 Å². The molecule has 7 heteroatoms. The Morgan fingerprint density at radius 3 is 2.37 bits per heavy atom. The quantitative estimate of drug-likeness (QED) is 0.608. The van der Waals surface area contributed by atoms with Crippen molar-refractivity contribution in [1.29, 1.82) is 0 Å². The molecule has 2 N–H and O–H groups in total. The molecule has 0 bridgehead atoms. The minimum atomic E-state index is -3.68. The average molecular weight is 442 g/mol. The first-order chi connectivity index (χ1) is 14.3. The summed E-state index contributed by atoms with van der Waals surface area (Å²) in [6, 6.07) is 18.9. The van der Waals surface area contributed by atoms with E-state index in [-0.39, 0.29) is 10.9 Å². The molecule has 1 aliphatic carbocycles. The van der Waals surface area contributed by atoms with Gasteiger partial charge in [-0.2, -0.15) is 0 Å². The summed E-state index contributed by atoms with van der Waals surface area (Å²) in [7, 11) is -3.68. The fourth-order valence-electron chi connectivity index (χ4n) is 3.96. The normalized spacial score (nSPS) is 16.1. The van der Waals surface area contributed by atoms with Crippen molar-refractivity contribution in [2.75, 3.05) is 0 Å². The molecule has 0 fully saturated rings. The maximum absolute atomic E-state index is 12.7. The van der Waals surface area contributed by atoms with Gasteiger partial charge in [0.25, 0.3) is 0 Å². The lowest BCUT2D eigenvalue weighted by atomic mass is 9.82. The van der Waals surface area contributed by atoms with Crippen LogP contribution in [0.3, 0.4) is 0 Å². The summed E-state index contributed by atoms with van der Waals surface area (Å²) >= 11 is 5.84. The van der Waals surface area contributed by atoms with E-state index in [9.17, 15) is 18.3 Å². The van der Waals surface area contributed by atoms with Crippen LogP contribution in [-0.2, 0) is 22.9 Å². The maximum atomic E-state index is 12.7. The average Bonchev–Trinajstić information content (AvgIpc) is 2.73. The summed E-state index contributed by atoms with van der Waals surface area (Å²) in [6.45, 7) is 0. The maximum Gasteiger partial charge on any atom is 0.336 e. The van der Waals surface area contributed by atoms with E-state index in [1.54, 1.807) is 0 Å². The zero-order valence-corrected chi connectivity index (χ0v) is 17.6. The third-order valence-electron chi connectivity index (χ3n) is 5.36. The second-order valence-corrected chi connectivity index (χ2v) is 9.46. The molecule has 0 aliphatic heterocycles. The van der Waals surface area contributed by atoms with Gasteiger partial charge in [-0.05, 0) is 65.8 Å². The number of hydrogen-bond acceptors (Lipinski definition) is 3. The number of carbonyl (C=O) groups is 1. The summed E-state index contributed by atoms with van der Waals surface area (Å²) in [5.41, 5.74) is 3.48. The van der Waals surface area contributed by atoms with Crippen LogP contribution in [0.2, 0.25) is 5.02 Å². The molecule has 4 rings (SSSR count). The summed E-state index contributed by atoms with van der Waals surface area (Å²) in [6.07, 6.45) is 1.46. The Morgan fingerprint density at radius 1 is 1.00 bits per heavy atom. The van der Waals surface area contributed by atoms with E-state index in [2.05, 4.69) is 4.72 Å². The minimum Gasteiger partial charge on any atom is -0.478 e. The van der Waals surface area contributed by atoms with E-state index < -0.39 is 16.0 Å². The van der Waals surface area contributed by atoms with Gasteiger partial charge in [-0.3, -0.25) is 0 Å². The first-order valence-corrected chi connectivity index (χ1v) is 11.4. The van der Waals surface area contributed by atoms with Gasteiger partial charge in [0.15, 0.2) is 0 Å². The molecule has 0 aromatic heterocycles. The van der Waals surface area contributed by atoms with Gasteiger partial charge in [0, 0.05) is 11.1 Å². The Bertz CT molecular complexity index is 1190. The smallest absolute Gasteiger partial charge is 0.336 e. The fraction of sp³-hybridized carbons (Fsp3) is 0.174. The zero-order chi connectivity index (χ0) is 21.3. The molecule has 30 heavy (non-hydrogen) atoms. The van der Waals surface area contributed by atoms with E-state index >= 15 is 0 Å². The van der Waals surface area contributed by atoms with Crippen LogP contribution in [0, 0.1) is 0 Å². The standard InChI is InChI=1S/C23H20ClNO4S/c24-17-7-10-19(11-8-17)30(28,29)25-18-9-13-21-16(14-18)6-12-20(22(21)23(26)27)15-4-2-1-3-5-15/h1-8,10-12,18,25H,9,13-14H2,(H,26,27). The Balaban J connectivity index is 1.62. The Kier molecular flexibility index (Phi) is 5.64. The first-order valence-electron chi connectivity index (χ1n) is 9.56. The zero-order valence-electron chi connectivity index (χ0n) is 16.0. The highest BCUT2D eigenvalue weighted by molar-refractivity contribution is 7.89. The second-order valence-electron chi connectivity index (χ2n) is 7.31. The highest BCUT2D eigenvalue weighted by Gasteiger charge is 2.28. The number of nitrogens with one attached hydrogen (secondary N) is 1. The van der Waals surface area contributed by atoms with Crippen LogP contribution in [0.15, 0.2) is 71.6 Å². The van der Waals surface area contributed by atoms with E-state index in [1.165, 1.54) is 24.3 Å². The molecule has 1 aliphatic rings. The van der Waals surface area contributed by atoms with Crippen molar-refractivity contribution < 1.29 is 18.3 Å². The van der Waals surface area contributed by atoms with Crippen molar-refractivity contribution in [2.24, 2.45) is 0 Å². The van der Waals surface area contributed by atoms with Crippen LogP contribution in [-0.4, -0.2) is 25.5 Å². The number of fused-ring (bicyclic) bond motifs is 1. The number of carboxylic acid groups (broad SMARTS) is 1. The highest BCUT2D eigenvalue weighted by atomic mass is 35.5. The summed E-state index contributed by atoms with van der Waals surface area (Å²) in [4.78, 5) is 12.2. The molecule has 0 spiro atoms. The van der Waals surface area contributed by atoms with Gasteiger partial charge < -0.3 is 5.11 Å². The number of halogens is 1. The Hall–Kier alpha value is -2.67. The second kappa shape index (κ2) is 8.22. The van der Waals surface area contributed by atoms with Gasteiger partial charge in [0.05, 0.1) is 10.5 Å². The van der Waals surface area contributed by atoms with Gasteiger partial charge in [-0.1, -0.05) is 54.1 Å². The first kappa shape index (κ1) is 20.6. The summed E-state index contributed by atoms with van der Waals surface area (Å²) in [5, 5.41) is 10.4. The fourth-order valence-corrected chi connectivity index (χ4v) is 5.35. The largest absolute Gasteiger partial charge is 0.478 e. The molecule has 3 aromatic carbocycles. The molecule has 0 saturated carbocycles. The van der Waals surface area contributed by atoms with Crippen molar-refractivity contribution in [3.8, 4) is 11.1 Å². The molecule has 154 valence electrons. The summed E-state index contributed by atoms with van der Waals surface area (Å²) < 4.78 is 28.1.